The molecule has 1 aliphatic rings. The monoisotopic (exact) mass is 322 g/mol. The lowest BCUT2D eigenvalue weighted by molar-refractivity contribution is 0.472. The summed E-state index contributed by atoms with van der Waals surface area (Å²) < 4.78 is 18.1. The largest absolute Gasteiger partial charge is 0.376 e. The number of nitrogens with two attached hydrogens (primary N) is 1. The van der Waals surface area contributed by atoms with Gasteiger partial charge in [0, 0.05) is 13.1 Å². The Labute approximate surface area is 132 Å². The number of aryl methyl sites for hydroxylation is 1. The molecule has 0 amide bonds. The fourth-order valence-electron chi connectivity index (χ4n) is 2.81. The predicted octanol–water partition coefficient (Wildman–Crippen LogP) is 2.22. The zero-order chi connectivity index (χ0) is 15.0. The van der Waals surface area contributed by atoms with Crippen LogP contribution in [0.5, 0.6) is 0 Å². The fourth-order valence-corrected chi connectivity index (χ4v) is 3.71. The zero-order valence-corrected chi connectivity index (χ0v) is 13.2. The van der Waals surface area contributed by atoms with E-state index >= 15 is 0 Å². The second kappa shape index (κ2) is 5.31. The van der Waals surface area contributed by atoms with Gasteiger partial charge in [-0.05, 0) is 54.3 Å². The molecular formula is C14H15FN4S2. The summed E-state index contributed by atoms with van der Waals surface area (Å²) in [7, 11) is 0. The van der Waals surface area contributed by atoms with E-state index in [9.17, 15) is 4.39 Å². The number of halogens is 1. The molecule has 1 fully saturated rings. The maximum absolute atomic E-state index is 14.0. The Morgan fingerprint density at radius 2 is 2.33 bits per heavy atom. The topological polar surface area (TPSA) is 55.0 Å². The third-order valence-corrected chi connectivity index (χ3v) is 5.20. The van der Waals surface area contributed by atoms with E-state index in [1.54, 1.807) is 19.1 Å². The van der Waals surface area contributed by atoms with Crippen molar-refractivity contribution in [3.8, 4) is 0 Å². The van der Waals surface area contributed by atoms with Gasteiger partial charge in [-0.3, -0.25) is 0 Å². The summed E-state index contributed by atoms with van der Waals surface area (Å²) in [5.41, 5.74) is 6.90. The highest BCUT2D eigenvalue weighted by Gasteiger charge is 2.44. The van der Waals surface area contributed by atoms with E-state index in [0.29, 0.717) is 17.2 Å². The Morgan fingerprint density at radius 1 is 1.52 bits per heavy atom. The first-order chi connectivity index (χ1) is 10.0. The minimum absolute atomic E-state index is 0.204. The molecule has 0 bridgehead atoms. The van der Waals surface area contributed by atoms with Crippen LogP contribution in [0.1, 0.15) is 22.6 Å². The summed E-state index contributed by atoms with van der Waals surface area (Å²) in [5.74, 6) is -0.204. The third kappa shape index (κ3) is 2.40. The van der Waals surface area contributed by atoms with E-state index in [2.05, 4.69) is 9.36 Å². The average Bonchev–Trinajstić information content (AvgIpc) is 3.10. The lowest BCUT2D eigenvalue weighted by atomic mass is 9.80. The molecule has 1 aromatic heterocycles. The molecule has 0 spiro atoms. The molecule has 4 nitrogen and oxygen atoms in total. The number of rotatable bonds is 2. The first-order valence-electron chi connectivity index (χ1n) is 6.61. The molecule has 1 unspecified atom stereocenters. The summed E-state index contributed by atoms with van der Waals surface area (Å²) in [6, 6.07) is 5.36. The zero-order valence-electron chi connectivity index (χ0n) is 11.5. The summed E-state index contributed by atoms with van der Waals surface area (Å²) in [4.78, 5) is 6.31. The van der Waals surface area contributed by atoms with Gasteiger partial charge < -0.3 is 10.6 Å². The average molecular weight is 322 g/mol. The van der Waals surface area contributed by atoms with Crippen molar-refractivity contribution in [2.45, 2.75) is 18.8 Å². The molecule has 7 heteroatoms. The van der Waals surface area contributed by atoms with Crippen molar-refractivity contribution in [2.75, 3.05) is 13.1 Å². The summed E-state index contributed by atoms with van der Waals surface area (Å²) >= 11 is 6.42. The molecule has 2 aromatic rings. The van der Waals surface area contributed by atoms with E-state index in [-0.39, 0.29) is 11.2 Å². The van der Waals surface area contributed by atoms with Gasteiger partial charge in [-0.2, -0.15) is 4.37 Å². The number of nitrogens with zero attached hydrogens (tertiary/aromatic N) is 3. The Hall–Kier alpha value is -1.60. The molecule has 21 heavy (non-hydrogen) atoms. The molecule has 1 aliphatic heterocycles. The number of thiocarbonyl (C=S) groups is 1. The quantitative estimate of drug-likeness (QED) is 0.859. The van der Waals surface area contributed by atoms with E-state index in [1.165, 1.54) is 17.9 Å². The Kier molecular flexibility index (Phi) is 3.62. The second-order valence-electron chi connectivity index (χ2n) is 5.30. The first-order valence-corrected chi connectivity index (χ1v) is 7.79. The molecule has 1 saturated heterocycles. The lowest BCUT2D eigenvalue weighted by Crippen LogP contribution is -2.38. The van der Waals surface area contributed by atoms with Crippen LogP contribution >= 0.6 is 23.8 Å². The molecule has 3 rings (SSSR count). The highest BCUT2D eigenvalue weighted by molar-refractivity contribution is 7.80. The molecule has 2 N–H and O–H groups in total. The van der Waals surface area contributed by atoms with Crippen LogP contribution in [0.2, 0.25) is 0 Å². The van der Waals surface area contributed by atoms with Crippen LogP contribution in [0.4, 0.5) is 4.39 Å². The van der Waals surface area contributed by atoms with Crippen molar-refractivity contribution in [1.82, 2.24) is 14.3 Å². The molecule has 0 aliphatic carbocycles. The van der Waals surface area contributed by atoms with Gasteiger partial charge in [0.25, 0.3) is 0 Å². The van der Waals surface area contributed by atoms with Gasteiger partial charge in [0.15, 0.2) is 5.11 Å². The lowest BCUT2D eigenvalue weighted by Gasteiger charge is -2.28. The number of likely N-dealkylation sites (tertiary alicyclic amines) is 1. The van der Waals surface area contributed by atoms with Gasteiger partial charge in [0.05, 0.1) is 5.41 Å². The van der Waals surface area contributed by atoms with Crippen molar-refractivity contribution < 1.29 is 4.39 Å². The van der Waals surface area contributed by atoms with E-state index < -0.39 is 0 Å². The predicted molar refractivity (Wildman–Crippen MR) is 84.8 cm³/mol. The van der Waals surface area contributed by atoms with Crippen LogP contribution in [-0.4, -0.2) is 32.5 Å². The second-order valence-corrected chi connectivity index (χ2v) is 6.50. The SMILES string of the molecule is Cc1ccc(C2(c3ncns3)CCN(C(N)=S)C2)cc1F. The van der Waals surface area contributed by atoms with Crippen molar-refractivity contribution >= 4 is 28.9 Å². The Bertz CT molecular complexity index is 674. The van der Waals surface area contributed by atoms with E-state index in [0.717, 1.165) is 23.5 Å². The van der Waals surface area contributed by atoms with Gasteiger partial charge in [0.2, 0.25) is 0 Å². The highest BCUT2D eigenvalue weighted by atomic mass is 32.1. The number of aromatic nitrogens is 2. The van der Waals surface area contributed by atoms with Crippen LogP contribution in [-0.2, 0) is 5.41 Å². The number of hydrogen-bond acceptors (Lipinski definition) is 4. The molecule has 1 aromatic carbocycles. The molecule has 2 heterocycles. The molecular weight excluding hydrogens is 307 g/mol. The van der Waals surface area contributed by atoms with Crippen LogP contribution < -0.4 is 5.73 Å². The Balaban J connectivity index is 2.09. The van der Waals surface area contributed by atoms with Crippen LogP contribution in [0.3, 0.4) is 0 Å². The summed E-state index contributed by atoms with van der Waals surface area (Å²) in [6.45, 7) is 3.11. The van der Waals surface area contributed by atoms with Gasteiger partial charge in [-0.15, -0.1) is 0 Å². The van der Waals surface area contributed by atoms with Gasteiger partial charge >= 0.3 is 0 Å². The third-order valence-electron chi connectivity index (χ3n) is 4.08. The first kappa shape index (κ1) is 14.3. The molecule has 110 valence electrons. The van der Waals surface area contributed by atoms with Crippen molar-refractivity contribution in [2.24, 2.45) is 5.73 Å². The van der Waals surface area contributed by atoms with Crippen molar-refractivity contribution in [3.63, 3.8) is 0 Å². The minimum Gasteiger partial charge on any atom is -0.376 e. The minimum atomic E-state index is -0.390. The number of hydrogen-bond donors (Lipinski definition) is 1. The number of benzene rings is 1. The van der Waals surface area contributed by atoms with E-state index in [1.807, 2.05) is 11.0 Å². The summed E-state index contributed by atoms with van der Waals surface area (Å²) in [5, 5.41) is 1.25. The maximum Gasteiger partial charge on any atom is 0.166 e. The van der Waals surface area contributed by atoms with Crippen LogP contribution in [0.25, 0.3) is 0 Å². The van der Waals surface area contributed by atoms with Gasteiger partial charge in [-0.25, -0.2) is 9.37 Å². The molecule has 0 radical (unpaired) electrons. The van der Waals surface area contributed by atoms with Crippen molar-refractivity contribution in [3.05, 3.63) is 46.5 Å². The maximum atomic E-state index is 14.0. The van der Waals surface area contributed by atoms with Crippen molar-refractivity contribution in [1.29, 1.82) is 0 Å². The summed E-state index contributed by atoms with van der Waals surface area (Å²) in [6.07, 6.45) is 2.33. The van der Waals surface area contributed by atoms with Gasteiger partial charge in [-0.1, -0.05) is 12.1 Å². The normalized spacial score (nSPS) is 21.7. The van der Waals surface area contributed by atoms with E-state index in [4.69, 9.17) is 18.0 Å². The highest BCUT2D eigenvalue weighted by Crippen LogP contribution is 2.41. The van der Waals surface area contributed by atoms with Gasteiger partial charge in [0.1, 0.15) is 17.2 Å². The fraction of sp³-hybridized carbons (Fsp3) is 0.357. The smallest absolute Gasteiger partial charge is 0.166 e. The molecule has 1 atom stereocenters. The standard InChI is InChI=1S/C14H15FN4S2/c1-9-2-3-10(6-11(9)15)14(12-17-8-18-21-12)4-5-19(7-14)13(16)20/h2-3,6,8H,4-5,7H2,1H3,(H2,16,20). The Morgan fingerprint density at radius 3 is 2.90 bits per heavy atom. The van der Waals surface area contributed by atoms with Crippen LogP contribution in [0.15, 0.2) is 24.5 Å². The van der Waals surface area contributed by atoms with Crippen LogP contribution in [0, 0.1) is 12.7 Å². The molecule has 0 saturated carbocycles.